The molecule has 0 atom stereocenters. The van der Waals surface area contributed by atoms with E-state index < -0.39 is 0 Å². The van der Waals surface area contributed by atoms with Crippen molar-refractivity contribution in [3.63, 3.8) is 0 Å². The van der Waals surface area contributed by atoms with Gasteiger partial charge in [-0.2, -0.15) is 0 Å². The van der Waals surface area contributed by atoms with Crippen molar-refractivity contribution in [2.75, 3.05) is 18.4 Å². The van der Waals surface area contributed by atoms with Crippen LogP contribution in [0.5, 0.6) is 0 Å². The van der Waals surface area contributed by atoms with E-state index in [1.165, 1.54) is 0 Å². The molecule has 1 saturated heterocycles. The lowest BCUT2D eigenvalue weighted by atomic mass is 10.2. The summed E-state index contributed by atoms with van der Waals surface area (Å²) in [4.78, 5) is 14.0. The quantitative estimate of drug-likeness (QED) is 0.940. The summed E-state index contributed by atoms with van der Waals surface area (Å²) in [5, 5.41) is 11.4. The molecule has 1 N–H and O–H groups in total. The molecule has 5 heteroatoms. The Morgan fingerprint density at radius 3 is 2.52 bits per heavy atom. The first-order valence-corrected chi connectivity index (χ1v) is 7.20. The molecule has 2 heterocycles. The van der Waals surface area contributed by atoms with Gasteiger partial charge in [0.2, 0.25) is 0 Å². The normalized spacial score (nSPS) is 14.2. The highest BCUT2D eigenvalue weighted by atomic mass is 16.2. The molecule has 0 bridgehead atoms. The van der Waals surface area contributed by atoms with Gasteiger partial charge in [0.15, 0.2) is 11.5 Å². The van der Waals surface area contributed by atoms with Crippen molar-refractivity contribution in [2.45, 2.75) is 19.8 Å². The molecule has 0 aliphatic carbocycles. The molecular weight excluding hydrogens is 264 g/mol. The molecule has 1 fully saturated rings. The van der Waals surface area contributed by atoms with Gasteiger partial charge in [-0.15, -0.1) is 10.2 Å². The SMILES string of the molecule is Cc1ccccc1Nc1ccc(C(=O)N2CCCC2)nn1. The van der Waals surface area contributed by atoms with Crippen LogP contribution in [0.25, 0.3) is 0 Å². The zero-order valence-corrected chi connectivity index (χ0v) is 12.0. The Morgan fingerprint density at radius 2 is 1.86 bits per heavy atom. The van der Waals surface area contributed by atoms with Crippen LogP contribution in [0.4, 0.5) is 11.5 Å². The Labute approximate surface area is 124 Å². The smallest absolute Gasteiger partial charge is 0.274 e. The number of carbonyl (C=O) groups excluding carboxylic acids is 1. The maximum absolute atomic E-state index is 12.2. The van der Waals surface area contributed by atoms with Gasteiger partial charge < -0.3 is 10.2 Å². The van der Waals surface area contributed by atoms with E-state index in [1.54, 1.807) is 12.1 Å². The summed E-state index contributed by atoms with van der Waals surface area (Å²) in [6.07, 6.45) is 2.15. The van der Waals surface area contributed by atoms with E-state index in [9.17, 15) is 4.79 Å². The van der Waals surface area contributed by atoms with Crippen molar-refractivity contribution >= 4 is 17.4 Å². The number of aromatic nitrogens is 2. The van der Waals surface area contributed by atoms with Gasteiger partial charge in [0.25, 0.3) is 5.91 Å². The Kier molecular flexibility index (Phi) is 3.81. The minimum Gasteiger partial charge on any atom is -0.339 e. The summed E-state index contributed by atoms with van der Waals surface area (Å²) < 4.78 is 0. The third-order valence-corrected chi connectivity index (χ3v) is 3.68. The molecule has 1 amide bonds. The molecule has 0 unspecified atom stereocenters. The zero-order chi connectivity index (χ0) is 14.7. The van der Waals surface area contributed by atoms with E-state index >= 15 is 0 Å². The van der Waals surface area contributed by atoms with E-state index in [1.807, 2.05) is 36.1 Å². The topological polar surface area (TPSA) is 58.1 Å². The molecule has 0 radical (unpaired) electrons. The highest BCUT2D eigenvalue weighted by molar-refractivity contribution is 5.92. The minimum absolute atomic E-state index is 0.0255. The number of benzene rings is 1. The molecule has 21 heavy (non-hydrogen) atoms. The van der Waals surface area contributed by atoms with Gasteiger partial charge in [0.1, 0.15) is 0 Å². The van der Waals surface area contributed by atoms with Crippen LogP contribution in [-0.2, 0) is 0 Å². The molecule has 1 aromatic heterocycles. The number of hydrogen-bond acceptors (Lipinski definition) is 4. The molecule has 1 aliphatic heterocycles. The Bertz CT molecular complexity index is 633. The molecule has 1 aromatic carbocycles. The third-order valence-electron chi connectivity index (χ3n) is 3.68. The molecule has 2 aromatic rings. The lowest BCUT2D eigenvalue weighted by Gasteiger charge is -2.14. The molecule has 1 aliphatic rings. The van der Waals surface area contributed by atoms with Crippen molar-refractivity contribution in [3.05, 3.63) is 47.7 Å². The fraction of sp³-hybridized carbons (Fsp3) is 0.312. The average Bonchev–Trinajstić information content (AvgIpc) is 3.04. The van der Waals surface area contributed by atoms with Gasteiger partial charge in [0.05, 0.1) is 0 Å². The van der Waals surface area contributed by atoms with Crippen molar-refractivity contribution in [1.82, 2.24) is 15.1 Å². The number of likely N-dealkylation sites (tertiary alicyclic amines) is 1. The second-order valence-electron chi connectivity index (χ2n) is 5.24. The molecule has 5 nitrogen and oxygen atoms in total. The summed E-state index contributed by atoms with van der Waals surface area (Å²) in [6.45, 7) is 3.68. The maximum Gasteiger partial charge on any atom is 0.274 e. The number of amides is 1. The van der Waals surface area contributed by atoms with Gasteiger partial charge >= 0.3 is 0 Å². The van der Waals surface area contributed by atoms with Crippen LogP contribution in [-0.4, -0.2) is 34.1 Å². The van der Waals surface area contributed by atoms with Crippen LogP contribution in [0, 0.1) is 6.92 Å². The van der Waals surface area contributed by atoms with Gasteiger partial charge in [0, 0.05) is 18.8 Å². The van der Waals surface area contributed by atoms with Crippen LogP contribution in [0.15, 0.2) is 36.4 Å². The Hall–Kier alpha value is -2.43. The van der Waals surface area contributed by atoms with Crippen molar-refractivity contribution in [3.8, 4) is 0 Å². The van der Waals surface area contributed by atoms with Gasteiger partial charge in [-0.3, -0.25) is 4.79 Å². The highest BCUT2D eigenvalue weighted by Gasteiger charge is 2.20. The molecule has 3 rings (SSSR count). The predicted molar refractivity (Wildman–Crippen MR) is 81.6 cm³/mol. The number of nitrogens with zero attached hydrogens (tertiary/aromatic N) is 3. The van der Waals surface area contributed by atoms with Gasteiger partial charge in [-0.25, -0.2) is 0 Å². The third kappa shape index (κ3) is 3.02. The maximum atomic E-state index is 12.2. The van der Waals surface area contributed by atoms with Crippen LogP contribution >= 0.6 is 0 Å². The number of para-hydroxylation sites is 1. The lowest BCUT2D eigenvalue weighted by molar-refractivity contribution is 0.0786. The Morgan fingerprint density at radius 1 is 1.10 bits per heavy atom. The molecular formula is C16H18N4O. The van der Waals surface area contributed by atoms with E-state index in [2.05, 4.69) is 15.5 Å². The number of hydrogen-bond donors (Lipinski definition) is 1. The summed E-state index contributed by atoms with van der Waals surface area (Å²) >= 11 is 0. The number of anilines is 2. The van der Waals surface area contributed by atoms with E-state index in [0.717, 1.165) is 37.2 Å². The first kappa shape index (κ1) is 13.5. The van der Waals surface area contributed by atoms with Crippen LogP contribution in [0.1, 0.15) is 28.9 Å². The van der Waals surface area contributed by atoms with E-state index in [-0.39, 0.29) is 5.91 Å². The van der Waals surface area contributed by atoms with Gasteiger partial charge in [-0.05, 0) is 43.5 Å². The lowest BCUT2D eigenvalue weighted by Crippen LogP contribution is -2.28. The summed E-state index contributed by atoms with van der Waals surface area (Å²) in [7, 11) is 0. The van der Waals surface area contributed by atoms with Crippen molar-refractivity contribution < 1.29 is 4.79 Å². The number of carbonyl (C=O) groups is 1. The standard InChI is InChI=1S/C16H18N4O/c1-12-6-2-3-7-13(12)17-15-9-8-14(18-19-15)16(21)20-10-4-5-11-20/h2-3,6-9H,4-5,10-11H2,1H3,(H,17,19). The van der Waals surface area contributed by atoms with E-state index in [0.29, 0.717) is 11.5 Å². The van der Waals surface area contributed by atoms with Crippen LogP contribution in [0.3, 0.4) is 0 Å². The van der Waals surface area contributed by atoms with E-state index in [4.69, 9.17) is 0 Å². The number of rotatable bonds is 3. The first-order valence-electron chi connectivity index (χ1n) is 7.20. The monoisotopic (exact) mass is 282 g/mol. The summed E-state index contributed by atoms with van der Waals surface area (Å²) in [6, 6.07) is 11.5. The summed E-state index contributed by atoms with van der Waals surface area (Å²) in [5.41, 5.74) is 2.54. The van der Waals surface area contributed by atoms with Crippen molar-refractivity contribution in [2.24, 2.45) is 0 Å². The van der Waals surface area contributed by atoms with Gasteiger partial charge in [-0.1, -0.05) is 18.2 Å². The summed E-state index contributed by atoms with van der Waals surface area (Å²) in [5.74, 6) is 0.615. The largest absolute Gasteiger partial charge is 0.339 e. The fourth-order valence-corrected chi connectivity index (χ4v) is 2.45. The number of nitrogens with one attached hydrogen (secondary N) is 1. The second-order valence-corrected chi connectivity index (χ2v) is 5.24. The molecule has 0 spiro atoms. The first-order chi connectivity index (χ1) is 10.2. The average molecular weight is 282 g/mol. The Balaban J connectivity index is 1.72. The molecule has 0 saturated carbocycles. The van der Waals surface area contributed by atoms with Crippen molar-refractivity contribution in [1.29, 1.82) is 0 Å². The van der Waals surface area contributed by atoms with Crippen LogP contribution in [0.2, 0.25) is 0 Å². The number of aryl methyl sites for hydroxylation is 1. The molecule has 108 valence electrons. The minimum atomic E-state index is -0.0255. The zero-order valence-electron chi connectivity index (χ0n) is 12.0. The second kappa shape index (κ2) is 5.91. The predicted octanol–water partition coefficient (Wildman–Crippen LogP) is 2.76. The highest BCUT2D eigenvalue weighted by Crippen LogP contribution is 2.18. The van der Waals surface area contributed by atoms with Crippen LogP contribution < -0.4 is 5.32 Å². The fourth-order valence-electron chi connectivity index (χ4n) is 2.45.